The molecule has 1 amide bonds. The standard InChI is InChI=1S/C14H20N2O3/c1-14(13(15)17,16-9-4-5-9)11-7-6-10(18-2)8-12(11)19-3/h6-9,16H,4-5H2,1-3H3,(H2,15,17). The third-order valence-electron chi connectivity index (χ3n) is 3.51. The molecule has 1 aliphatic carbocycles. The molecule has 1 aliphatic rings. The molecule has 5 heteroatoms. The van der Waals surface area contributed by atoms with Crippen LogP contribution in [0.15, 0.2) is 18.2 Å². The van der Waals surface area contributed by atoms with Gasteiger partial charge >= 0.3 is 0 Å². The van der Waals surface area contributed by atoms with E-state index in [-0.39, 0.29) is 0 Å². The number of carbonyl (C=O) groups is 1. The van der Waals surface area contributed by atoms with E-state index >= 15 is 0 Å². The lowest BCUT2D eigenvalue weighted by Crippen LogP contribution is -2.51. The summed E-state index contributed by atoms with van der Waals surface area (Å²) in [5.74, 6) is 0.857. The summed E-state index contributed by atoms with van der Waals surface area (Å²) in [5, 5.41) is 3.30. The van der Waals surface area contributed by atoms with Crippen LogP contribution < -0.4 is 20.5 Å². The van der Waals surface area contributed by atoms with E-state index in [4.69, 9.17) is 15.2 Å². The number of rotatable bonds is 6. The van der Waals surface area contributed by atoms with Crippen molar-refractivity contribution in [1.82, 2.24) is 5.32 Å². The maximum atomic E-state index is 11.9. The Kier molecular flexibility index (Phi) is 3.66. The molecule has 3 N–H and O–H groups in total. The summed E-state index contributed by atoms with van der Waals surface area (Å²) in [5.41, 5.74) is 5.38. The largest absolute Gasteiger partial charge is 0.497 e. The summed E-state index contributed by atoms with van der Waals surface area (Å²) < 4.78 is 10.5. The maximum absolute atomic E-state index is 11.9. The summed E-state index contributed by atoms with van der Waals surface area (Å²) in [7, 11) is 3.15. The molecule has 0 bridgehead atoms. The number of hydrogen-bond donors (Lipinski definition) is 2. The highest BCUT2D eigenvalue weighted by Gasteiger charge is 2.40. The molecule has 0 aromatic heterocycles. The van der Waals surface area contributed by atoms with E-state index in [0.29, 0.717) is 17.5 Å². The Morgan fingerprint density at radius 1 is 1.37 bits per heavy atom. The average molecular weight is 264 g/mol. The molecule has 104 valence electrons. The summed E-state index contributed by atoms with van der Waals surface area (Å²) >= 11 is 0. The highest BCUT2D eigenvalue weighted by molar-refractivity contribution is 5.86. The van der Waals surface area contributed by atoms with Gasteiger partial charge in [0.05, 0.1) is 14.2 Å². The molecule has 0 radical (unpaired) electrons. The second kappa shape index (κ2) is 5.09. The van der Waals surface area contributed by atoms with Crippen molar-refractivity contribution in [2.45, 2.75) is 31.3 Å². The van der Waals surface area contributed by atoms with Crippen molar-refractivity contribution in [3.05, 3.63) is 23.8 Å². The number of amides is 1. The summed E-state index contributed by atoms with van der Waals surface area (Å²) in [6.07, 6.45) is 2.14. The molecule has 1 atom stereocenters. The Morgan fingerprint density at radius 2 is 2.05 bits per heavy atom. The van der Waals surface area contributed by atoms with E-state index in [1.165, 1.54) is 0 Å². The lowest BCUT2D eigenvalue weighted by atomic mass is 9.90. The monoisotopic (exact) mass is 264 g/mol. The molecule has 0 saturated heterocycles. The first-order chi connectivity index (χ1) is 9.01. The van der Waals surface area contributed by atoms with Gasteiger partial charge in [0.15, 0.2) is 0 Å². The Morgan fingerprint density at radius 3 is 2.53 bits per heavy atom. The predicted octanol–water partition coefficient (Wildman–Crippen LogP) is 1.16. The van der Waals surface area contributed by atoms with Crippen LogP contribution in [-0.4, -0.2) is 26.2 Å². The van der Waals surface area contributed by atoms with E-state index in [9.17, 15) is 4.79 Å². The van der Waals surface area contributed by atoms with Crippen molar-refractivity contribution >= 4 is 5.91 Å². The molecule has 0 spiro atoms. The molecule has 1 unspecified atom stereocenters. The number of ether oxygens (including phenoxy) is 2. The van der Waals surface area contributed by atoms with Crippen molar-refractivity contribution in [3.8, 4) is 11.5 Å². The van der Waals surface area contributed by atoms with Crippen LogP contribution in [0, 0.1) is 0 Å². The van der Waals surface area contributed by atoms with Gasteiger partial charge in [-0.1, -0.05) is 0 Å². The van der Waals surface area contributed by atoms with Crippen molar-refractivity contribution < 1.29 is 14.3 Å². The Bertz CT molecular complexity index is 486. The minimum absolute atomic E-state index is 0.351. The molecule has 0 aliphatic heterocycles. The first kappa shape index (κ1) is 13.7. The van der Waals surface area contributed by atoms with Gasteiger partial charge in [-0.3, -0.25) is 10.1 Å². The fourth-order valence-electron chi connectivity index (χ4n) is 2.13. The van der Waals surface area contributed by atoms with Crippen LogP contribution in [0.5, 0.6) is 11.5 Å². The molecule has 5 nitrogen and oxygen atoms in total. The number of primary amides is 1. The minimum atomic E-state index is -0.932. The van der Waals surface area contributed by atoms with Crippen LogP contribution >= 0.6 is 0 Å². The van der Waals surface area contributed by atoms with Crippen molar-refractivity contribution in [3.63, 3.8) is 0 Å². The zero-order valence-corrected chi connectivity index (χ0v) is 11.5. The fraction of sp³-hybridized carbons (Fsp3) is 0.500. The second-order valence-electron chi connectivity index (χ2n) is 4.97. The van der Waals surface area contributed by atoms with Crippen LogP contribution in [0.1, 0.15) is 25.3 Å². The van der Waals surface area contributed by atoms with Gasteiger partial charge in [-0.15, -0.1) is 0 Å². The van der Waals surface area contributed by atoms with E-state index in [1.54, 1.807) is 33.3 Å². The fourth-order valence-corrected chi connectivity index (χ4v) is 2.13. The number of nitrogens with two attached hydrogens (primary N) is 1. The predicted molar refractivity (Wildman–Crippen MR) is 72.3 cm³/mol. The molecule has 1 aromatic carbocycles. The van der Waals surface area contributed by atoms with Crippen LogP contribution in [0.2, 0.25) is 0 Å². The van der Waals surface area contributed by atoms with E-state index in [1.807, 2.05) is 6.07 Å². The van der Waals surface area contributed by atoms with Gasteiger partial charge in [0.25, 0.3) is 0 Å². The first-order valence-electron chi connectivity index (χ1n) is 6.31. The highest BCUT2D eigenvalue weighted by Crippen LogP contribution is 2.35. The van der Waals surface area contributed by atoms with Crippen LogP contribution in [0.25, 0.3) is 0 Å². The zero-order chi connectivity index (χ0) is 14.0. The van der Waals surface area contributed by atoms with Gasteiger partial charge in [0.1, 0.15) is 17.0 Å². The molecule has 0 heterocycles. The molecular formula is C14H20N2O3. The average Bonchev–Trinajstić information content (AvgIpc) is 3.21. The number of benzene rings is 1. The third-order valence-corrected chi connectivity index (χ3v) is 3.51. The molecule has 1 saturated carbocycles. The number of nitrogens with one attached hydrogen (secondary N) is 1. The van der Waals surface area contributed by atoms with Crippen molar-refractivity contribution in [2.75, 3.05) is 14.2 Å². The van der Waals surface area contributed by atoms with Gasteiger partial charge < -0.3 is 15.2 Å². The highest BCUT2D eigenvalue weighted by atomic mass is 16.5. The Balaban J connectivity index is 2.42. The molecule has 1 aromatic rings. The normalized spacial score (nSPS) is 17.6. The minimum Gasteiger partial charge on any atom is -0.497 e. The van der Waals surface area contributed by atoms with Gasteiger partial charge in [0.2, 0.25) is 5.91 Å². The van der Waals surface area contributed by atoms with Gasteiger partial charge in [-0.25, -0.2) is 0 Å². The van der Waals surface area contributed by atoms with E-state index < -0.39 is 11.4 Å². The molecule has 19 heavy (non-hydrogen) atoms. The lowest BCUT2D eigenvalue weighted by Gasteiger charge is -2.29. The number of hydrogen-bond acceptors (Lipinski definition) is 4. The first-order valence-corrected chi connectivity index (χ1v) is 6.31. The van der Waals surface area contributed by atoms with Crippen LogP contribution in [0.4, 0.5) is 0 Å². The molecule has 1 fully saturated rings. The number of methoxy groups -OCH3 is 2. The molecular weight excluding hydrogens is 244 g/mol. The smallest absolute Gasteiger partial charge is 0.242 e. The van der Waals surface area contributed by atoms with Gasteiger partial charge in [0, 0.05) is 17.7 Å². The van der Waals surface area contributed by atoms with Crippen molar-refractivity contribution in [1.29, 1.82) is 0 Å². The lowest BCUT2D eigenvalue weighted by molar-refractivity contribution is -0.124. The zero-order valence-electron chi connectivity index (χ0n) is 11.5. The van der Waals surface area contributed by atoms with Crippen LogP contribution in [0.3, 0.4) is 0 Å². The second-order valence-corrected chi connectivity index (χ2v) is 4.97. The van der Waals surface area contributed by atoms with E-state index in [2.05, 4.69) is 5.32 Å². The maximum Gasteiger partial charge on any atom is 0.242 e. The number of carbonyl (C=O) groups excluding carboxylic acids is 1. The van der Waals surface area contributed by atoms with Crippen LogP contribution in [-0.2, 0) is 10.3 Å². The van der Waals surface area contributed by atoms with E-state index in [0.717, 1.165) is 18.4 Å². The van der Waals surface area contributed by atoms with Gasteiger partial charge in [-0.05, 0) is 31.9 Å². The van der Waals surface area contributed by atoms with Crippen molar-refractivity contribution in [2.24, 2.45) is 5.73 Å². The quantitative estimate of drug-likeness (QED) is 0.808. The summed E-state index contributed by atoms with van der Waals surface area (Å²) in [6, 6.07) is 5.72. The Labute approximate surface area is 113 Å². The SMILES string of the molecule is COc1ccc(C(C)(NC2CC2)C(N)=O)c(OC)c1. The molecule has 2 rings (SSSR count). The third kappa shape index (κ3) is 2.66. The Hall–Kier alpha value is -1.75. The van der Waals surface area contributed by atoms with Gasteiger partial charge in [-0.2, -0.15) is 0 Å². The summed E-state index contributed by atoms with van der Waals surface area (Å²) in [4.78, 5) is 11.9. The topological polar surface area (TPSA) is 73.6 Å². The summed E-state index contributed by atoms with van der Waals surface area (Å²) in [6.45, 7) is 1.79.